The van der Waals surface area contributed by atoms with Gasteiger partial charge in [0.05, 0.1) is 27.5 Å². The number of carbonyl (C=O) groups is 1. The number of fused-ring (bicyclic) bond motifs is 2. The first-order valence-corrected chi connectivity index (χ1v) is 14.5. The first-order chi connectivity index (χ1) is 17.1. The number of piperazine rings is 1. The van der Waals surface area contributed by atoms with Gasteiger partial charge >= 0.3 is 0 Å². The van der Waals surface area contributed by atoms with Gasteiger partial charge in [-0.25, -0.2) is 4.98 Å². The van der Waals surface area contributed by atoms with Crippen molar-refractivity contribution >= 4 is 51.3 Å². The molecule has 5 rings (SSSR count). The van der Waals surface area contributed by atoms with Crippen molar-refractivity contribution in [1.29, 1.82) is 0 Å². The van der Waals surface area contributed by atoms with Crippen molar-refractivity contribution in [2.75, 3.05) is 38.5 Å². The molecule has 9 heteroatoms. The number of nitrogens with one attached hydrogen (secondary N) is 1. The molecule has 0 bridgehead atoms. The molecule has 36 heavy (non-hydrogen) atoms. The number of halogens is 2. The Bertz CT molecular complexity index is 1110. The number of anilines is 2. The molecule has 1 aromatic carbocycles. The highest BCUT2D eigenvalue weighted by Gasteiger charge is 2.54. The molecule has 1 saturated heterocycles. The third-order valence-electron chi connectivity index (χ3n) is 8.96. The molecule has 196 valence electrons. The predicted octanol–water partition coefficient (Wildman–Crippen LogP) is 5.66. The minimum Gasteiger partial charge on any atom is -0.392 e. The average Bonchev–Trinajstić information content (AvgIpc) is 3.23. The van der Waals surface area contributed by atoms with Gasteiger partial charge in [-0.05, 0) is 55.7 Å². The Morgan fingerprint density at radius 3 is 2.58 bits per heavy atom. The lowest BCUT2D eigenvalue weighted by Crippen LogP contribution is -2.55. The zero-order valence-electron chi connectivity index (χ0n) is 21.4. The highest BCUT2D eigenvalue weighted by atomic mass is 35.5. The molecular formula is C27H36Cl2N4O2S. The predicted molar refractivity (Wildman–Crippen MR) is 148 cm³/mol. The molecule has 2 heterocycles. The Morgan fingerprint density at radius 1 is 1.25 bits per heavy atom. The molecular weight excluding hydrogens is 515 g/mol. The molecule has 0 spiro atoms. The Hall–Kier alpha value is -1.38. The molecule has 1 aliphatic heterocycles. The summed E-state index contributed by atoms with van der Waals surface area (Å²) in [5.41, 5.74) is 1.69. The third kappa shape index (κ3) is 4.66. The lowest BCUT2D eigenvalue weighted by atomic mass is 9.53. The third-order valence-corrected chi connectivity index (χ3v) is 10.6. The van der Waals surface area contributed by atoms with Gasteiger partial charge < -0.3 is 20.2 Å². The van der Waals surface area contributed by atoms with E-state index < -0.39 is 6.10 Å². The molecule has 6 atom stereocenters. The largest absolute Gasteiger partial charge is 0.392 e. The fourth-order valence-electron chi connectivity index (χ4n) is 6.82. The number of carbonyl (C=O) groups excluding carboxylic acids is 1. The van der Waals surface area contributed by atoms with Gasteiger partial charge in [0.1, 0.15) is 0 Å². The van der Waals surface area contributed by atoms with Crippen molar-refractivity contribution in [1.82, 2.24) is 14.8 Å². The molecule has 2 N–H and O–H groups in total. The average molecular weight is 552 g/mol. The van der Waals surface area contributed by atoms with E-state index in [1.807, 2.05) is 30.0 Å². The lowest BCUT2D eigenvalue weighted by Gasteiger charge is -2.53. The van der Waals surface area contributed by atoms with Crippen LogP contribution < -0.4 is 5.32 Å². The standard InChI is InChI=1S/C27H36Cl2N4O2S/c1-15(25(35)33-12-10-32(4)11-13-33)17-8-9-27(3)14-20-22(16(2)21(27)24(17)34)30-26(36-20)31-23-18(28)6-5-7-19(23)29/h5-7,15-17,21,24,34H,8-14H2,1-4H3,(H,30,31)/t15-,16-,17+,21+,24-,27-/m0/s1. The molecule has 2 aliphatic carbocycles. The molecule has 1 amide bonds. The summed E-state index contributed by atoms with van der Waals surface area (Å²) >= 11 is 14.4. The number of para-hydroxylation sites is 1. The van der Waals surface area contributed by atoms with E-state index in [0.717, 1.165) is 56.3 Å². The van der Waals surface area contributed by atoms with Crippen molar-refractivity contribution in [3.8, 4) is 0 Å². The van der Waals surface area contributed by atoms with Crippen LogP contribution in [0.2, 0.25) is 10.0 Å². The second kappa shape index (κ2) is 10.1. The van der Waals surface area contributed by atoms with Crippen molar-refractivity contribution in [2.24, 2.45) is 23.2 Å². The van der Waals surface area contributed by atoms with Crippen LogP contribution in [0, 0.1) is 23.2 Å². The van der Waals surface area contributed by atoms with Crippen LogP contribution in [0.1, 0.15) is 50.1 Å². The highest BCUT2D eigenvalue weighted by molar-refractivity contribution is 7.15. The molecule has 1 aromatic heterocycles. The van der Waals surface area contributed by atoms with Crippen LogP contribution in [0.3, 0.4) is 0 Å². The van der Waals surface area contributed by atoms with Crippen LogP contribution in [0.5, 0.6) is 0 Å². The second-order valence-electron chi connectivity index (χ2n) is 11.3. The number of nitrogens with zero attached hydrogens (tertiary/aromatic N) is 3. The first kappa shape index (κ1) is 26.2. The molecule has 2 aromatic rings. The van der Waals surface area contributed by atoms with Gasteiger partial charge in [0.25, 0.3) is 0 Å². The fourth-order valence-corrected chi connectivity index (χ4v) is 8.58. The fraction of sp³-hybridized carbons (Fsp3) is 0.630. The number of hydrogen-bond donors (Lipinski definition) is 2. The van der Waals surface area contributed by atoms with E-state index >= 15 is 0 Å². The van der Waals surface area contributed by atoms with Gasteiger partial charge in [-0.3, -0.25) is 4.79 Å². The number of aliphatic hydroxyl groups is 1. The minimum absolute atomic E-state index is 0.0230. The quantitative estimate of drug-likeness (QED) is 0.514. The Balaban J connectivity index is 1.36. The van der Waals surface area contributed by atoms with Gasteiger partial charge in [-0.15, -0.1) is 11.3 Å². The second-order valence-corrected chi connectivity index (χ2v) is 13.2. The SMILES string of the molecule is C[C@H](C(=O)N1CCN(C)CC1)[C@H]1CC[C@@]2(C)Cc3sc(Nc4c(Cl)cccc4Cl)nc3[C@@H](C)[C@@H]2[C@H]1O. The maximum atomic E-state index is 13.4. The van der Waals surface area contributed by atoms with E-state index in [4.69, 9.17) is 28.2 Å². The minimum atomic E-state index is -0.533. The van der Waals surface area contributed by atoms with Crippen LogP contribution in [0.25, 0.3) is 0 Å². The van der Waals surface area contributed by atoms with Crippen molar-refractivity contribution < 1.29 is 9.90 Å². The molecule has 6 nitrogen and oxygen atoms in total. The molecule has 2 fully saturated rings. The smallest absolute Gasteiger partial charge is 0.225 e. The van der Waals surface area contributed by atoms with Crippen LogP contribution in [0.15, 0.2) is 18.2 Å². The van der Waals surface area contributed by atoms with E-state index in [9.17, 15) is 9.90 Å². The number of likely N-dealkylation sites (N-methyl/N-ethyl adjacent to an activating group) is 1. The number of rotatable bonds is 4. The van der Waals surface area contributed by atoms with E-state index in [1.54, 1.807) is 11.3 Å². The Labute approximate surface area is 228 Å². The summed E-state index contributed by atoms with van der Waals surface area (Å²) < 4.78 is 0. The van der Waals surface area contributed by atoms with Gasteiger partial charge in [0.15, 0.2) is 5.13 Å². The Kier molecular flexibility index (Phi) is 7.33. The molecule has 1 saturated carbocycles. The summed E-state index contributed by atoms with van der Waals surface area (Å²) in [4.78, 5) is 23.8. The number of benzene rings is 1. The van der Waals surface area contributed by atoms with Crippen molar-refractivity contribution in [3.63, 3.8) is 0 Å². The zero-order chi connectivity index (χ0) is 25.8. The van der Waals surface area contributed by atoms with Gasteiger partial charge in [0, 0.05) is 42.9 Å². The van der Waals surface area contributed by atoms with Crippen molar-refractivity contribution in [3.05, 3.63) is 38.8 Å². The van der Waals surface area contributed by atoms with E-state index in [-0.39, 0.29) is 35.0 Å². The molecule has 3 aliphatic rings. The molecule has 0 unspecified atom stereocenters. The maximum absolute atomic E-state index is 13.4. The summed E-state index contributed by atoms with van der Waals surface area (Å²) in [7, 11) is 2.10. The van der Waals surface area contributed by atoms with Crippen LogP contribution >= 0.6 is 34.5 Å². The summed E-state index contributed by atoms with van der Waals surface area (Å²) in [6.45, 7) is 9.87. The Morgan fingerprint density at radius 2 is 1.92 bits per heavy atom. The number of amides is 1. The van der Waals surface area contributed by atoms with Gasteiger partial charge in [-0.1, -0.05) is 50.0 Å². The van der Waals surface area contributed by atoms with Crippen LogP contribution in [0.4, 0.5) is 10.8 Å². The summed E-state index contributed by atoms with van der Waals surface area (Å²) in [5.74, 6) is 0.131. The van der Waals surface area contributed by atoms with Crippen LogP contribution in [-0.4, -0.2) is 65.1 Å². The van der Waals surface area contributed by atoms with Gasteiger partial charge in [0.2, 0.25) is 5.91 Å². The monoisotopic (exact) mass is 550 g/mol. The van der Waals surface area contributed by atoms with Gasteiger partial charge in [-0.2, -0.15) is 0 Å². The molecule has 0 radical (unpaired) electrons. The summed E-state index contributed by atoms with van der Waals surface area (Å²) in [5, 5.41) is 17.0. The first-order valence-electron chi connectivity index (χ1n) is 12.9. The summed E-state index contributed by atoms with van der Waals surface area (Å²) in [6.07, 6.45) is 2.23. The number of hydrogen-bond acceptors (Lipinski definition) is 6. The number of aliphatic hydroxyl groups excluding tert-OH is 1. The summed E-state index contributed by atoms with van der Waals surface area (Å²) in [6, 6.07) is 5.44. The number of thiazole rings is 1. The van der Waals surface area contributed by atoms with E-state index in [1.165, 1.54) is 4.88 Å². The van der Waals surface area contributed by atoms with E-state index in [2.05, 4.69) is 31.1 Å². The highest BCUT2D eigenvalue weighted by Crippen LogP contribution is 2.57. The van der Waals surface area contributed by atoms with E-state index in [0.29, 0.717) is 15.7 Å². The van der Waals surface area contributed by atoms with Crippen molar-refractivity contribution in [2.45, 2.75) is 52.1 Å². The van der Waals surface area contributed by atoms with Crippen LogP contribution in [-0.2, 0) is 11.2 Å². The topological polar surface area (TPSA) is 68.7 Å². The lowest BCUT2D eigenvalue weighted by molar-refractivity contribution is -0.146. The number of aromatic nitrogens is 1. The normalized spacial score (nSPS) is 31.5. The zero-order valence-corrected chi connectivity index (χ0v) is 23.8. The maximum Gasteiger partial charge on any atom is 0.225 e.